The van der Waals surface area contributed by atoms with Crippen LogP contribution in [0.3, 0.4) is 0 Å². The molecule has 1 aliphatic rings. The number of anilines is 1. The molecule has 0 aliphatic heterocycles. The summed E-state index contributed by atoms with van der Waals surface area (Å²) in [6.45, 7) is 2.47. The minimum atomic E-state index is -0.944. The summed E-state index contributed by atoms with van der Waals surface area (Å²) in [5.74, 6) is -1.72. The van der Waals surface area contributed by atoms with E-state index in [4.69, 9.17) is 9.47 Å². The summed E-state index contributed by atoms with van der Waals surface area (Å²) < 4.78 is 10.8. The maximum Gasteiger partial charge on any atom is 0.341 e. The number of hydrazone groups is 1. The van der Waals surface area contributed by atoms with Crippen molar-refractivity contribution in [3.63, 3.8) is 0 Å². The maximum absolute atomic E-state index is 12.5. The van der Waals surface area contributed by atoms with Gasteiger partial charge in [0.05, 0.1) is 18.9 Å². The Morgan fingerprint density at radius 3 is 2.67 bits per heavy atom. The molecule has 2 N–H and O–H groups in total. The van der Waals surface area contributed by atoms with E-state index in [1.807, 2.05) is 43.3 Å². The zero-order valence-electron chi connectivity index (χ0n) is 20.1. The van der Waals surface area contributed by atoms with E-state index in [2.05, 4.69) is 15.8 Å². The highest BCUT2D eigenvalue weighted by molar-refractivity contribution is 7.17. The average molecular weight is 506 g/mol. The number of esters is 1. The summed E-state index contributed by atoms with van der Waals surface area (Å²) in [6, 6.07) is 15.2. The molecule has 9 heteroatoms. The molecule has 0 saturated heterocycles. The second-order valence-corrected chi connectivity index (χ2v) is 9.45. The highest BCUT2D eigenvalue weighted by Crippen LogP contribution is 2.38. The van der Waals surface area contributed by atoms with Crippen LogP contribution in [0.25, 0.3) is 0 Å². The van der Waals surface area contributed by atoms with Gasteiger partial charge in [0, 0.05) is 4.88 Å². The standard InChI is InChI=1S/C27H27N3O5S/c1-17-8-3-4-10-19(17)16-35-20-11-7-9-18(14-20)15-28-30-25(32)24(31)29-26-23(27(33)34-2)21-12-5-6-13-22(21)36-26/h3-4,7-11,14-15H,5-6,12-13,16H2,1-2H3,(H,29,31)(H,30,32). The number of ether oxygens (including phenoxy) is 2. The molecule has 0 fully saturated rings. The van der Waals surface area contributed by atoms with E-state index in [9.17, 15) is 14.4 Å². The van der Waals surface area contributed by atoms with Gasteiger partial charge < -0.3 is 14.8 Å². The molecule has 2 aromatic carbocycles. The minimum absolute atomic E-state index is 0.330. The van der Waals surface area contributed by atoms with Gasteiger partial charge in [-0.3, -0.25) is 9.59 Å². The Bertz CT molecular complexity index is 1310. The number of hydrogen-bond acceptors (Lipinski definition) is 7. The summed E-state index contributed by atoms with van der Waals surface area (Å²) in [4.78, 5) is 38.1. The van der Waals surface area contributed by atoms with Crippen LogP contribution >= 0.6 is 11.3 Å². The van der Waals surface area contributed by atoms with Crippen molar-refractivity contribution < 1.29 is 23.9 Å². The first kappa shape index (κ1) is 25.1. The van der Waals surface area contributed by atoms with Gasteiger partial charge in [0.15, 0.2) is 0 Å². The number of amides is 2. The highest BCUT2D eigenvalue weighted by Gasteiger charge is 2.28. The van der Waals surface area contributed by atoms with E-state index in [-0.39, 0.29) is 0 Å². The van der Waals surface area contributed by atoms with Crippen molar-refractivity contribution in [2.75, 3.05) is 12.4 Å². The van der Waals surface area contributed by atoms with Crippen LogP contribution in [0, 0.1) is 6.92 Å². The van der Waals surface area contributed by atoms with Gasteiger partial charge in [-0.2, -0.15) is 5.10 Å². The number of carbonyl (C=O) groups is 3. The van der Waals surface area contributed by atoms with E-state index in [1.54, 1.807) is 12.1 Å². The van der Waals surface area contributed by atoms with Crippen molar-refractivity contribution in [1.82, 2.24) is 5.43 Å². The summed E-state index contributed by atoms with van der Waals surface area (Å²) in [5, 5.41) is 6.77. The topological polar surface area (TPSA) is 106 Å². The van der Waals surface area contributed by atoms with E-state index in [1.165, 1.54) is 24.7 Å². The number of thiophene rings is 1. The molecule has 4 rings (SSSR count). The van der Waals surface area contributed by atoms with Gasteiger partial charge in [-0.15, -0.1) is 11.3 Å². The molecule has 8 nitrogen and oxygen atoms in total. The summed E-state index contributed by atoms with van der Waals surface area (Å²) in [5.41, 5.74) is 6.40. The molecule has 2 amide bonds. The third kappa shape index (κ3) is 5.98. The third-order valence-corrected chi connectivity index (χ3v) is 7.09. The number of carbonyl (C=O) groups excluding carboxylic acids is 3. The highest BCUT2D eigenvalue weighted by atomic mass is 32.1. The molecule has 1 aliphatic carbocycles. The Balaban J connectivity index is 1.35. The van der Waals surface area contributed by atoms with E-state index in [0.717, 1.165) is 47.3 Å². The molecule has 186 valence electrons. The normalized spacial score (nSPS) is 12.6. The smallest absolute Gasteiger partial charge is 0.341 e. The Morgan fingerprint density at radius 1 is 1.06 bits per heavy atom. The van der Waals surface area contributed by atoms with Gasteiger partial charge in [-0.25, -0.2) is 10.2 Å². The van der Waals surface area contributed by atoms with Gasteiger partial charge in [0.1, 0.15) is 17.4 Å². The summed E-state index contributed by atoms with van der Waals surface area (Å²) >= 11 is 1.31. The molecule has 3 aromatic rings. The predicted octanol–water partition coefficient (Wildman–Crippen LogP) is 4.39. The number of aryl methyl sites for hydroxylation is 2. The zero-order valence-corrected chi connectivity index (χ0v) is 20.9. The molecule has 0 unspecified atom stereocenters. The fraction of sp³-hybridized carbons (Fsp3) is 0.259. The van der Waals surface area contributed by atoms with Crippen LogP contribution < -0.4 is 15.5 Å². The van der Waals surface area contributed by atoms with E-state index < -0.39 is 17.8 Å². The third-order valence-electron chi connectivity index (χ3n) is 5.89. The van der Waals surface area contributed by atoms with Crippen molar-refractivity contribution in [2.45, 2.75) is 39.2 Å². The molecular formula is C27H27N3O5S. The average Bonchev–Trinajstić information content (AvgIpc) is 3.25. The predicted molar refractivity (Wildman–Crippen MR) is 139 cm³/mol. The lowest BCUT2D eigenvalue weighted by atomic mass is 9.95. The summed E-state index contributed by atoms with van der Waals surface area (Å²) in [7, 11) is 1.30. The second-order valence-electron chi connectivity index (χ2n) is 8.35. The lowest BCUT2D eigenvalue weighted by Crippen LogP contribution is -2.32. The van der Waals surface area contributed by atoms with E-state index >= 15 is 0 Å². The Labute approximate surface area is 213 Å². The first-order chi connectivity index (χ1) is 17.5. The zero-order chi connectivity index (χ0) is 25.5. The SMILES string of the molecule is COC(=O)c1c(NC(=O)C(=O)NN=Cc2cccc(OCc3ccccc3C)c2)sc2c1CCCC2. The molecule has 0 spiro atoms. The Hall–Kier alpha value is -3.98. The number of methoxy groups -OCH3 is 1. The van der Waals surface area contributed by atoms with Crippen LogP contribution in [0.2, 0.25) is 0 Å². The van der Waals surface area contributed by atoms with Crippen molar-refractivity contribution in [2.24, 2.45) is 5.10 Å². The molecule has 0 radical (unpaired) electrons. The molecule has 1 aromatic heterocycles. The van der Waals surface area contributed by atoms with Crippen molar-refractivity contribution >= 4 is 40.3 Å². The molecule has 0 saturated carbocycles. The number of nitrogens with zero attached hydrogens (tertiary/aromatic N) is 1. The van der Waals surface area contributed by atoms with Crippen LogP contribution in [-0.4, -0.2) is 31.1 Å². The van der Waals surface area contributed by atoms with Gasteiger partial charge in [0.2, 0.25) is 0 Å². The first-order valence-electron chi connectivity index (χ1n) is 11.6. The van der Waals surface area contributed by atoms with Gasteiger partial charge in [-0.05, 0) is 67.0 Å². The number of rotatable bonds is 7. The van der Waals surface area contributed by atoms with Crippen LogP contribution in [0.15, 0.2) is 53.6 Å². The second kappa shape index (κ2) is 11.6. The van der Waals surface area contributed by atoms with Crippen molar-refractivity contribution in [1.29, 1.82) is 0 Å². The Kier molecular flexibility index (Phi) is 8.12. The molecular weight excluding hydrogens is 478 g/mol. The van der Waals surface area contributed by atoms with Gasteiger partial charge in [0.25, 0.3) is 0 Å². The van der Waals surface area contributed by atoms with Crippen LogP contribution in [-0.2, 0) is 33.8 Å². The number of nitrogens with one attached hydrogen (secondary N) is 2. The number of benzene rings is 2. The molecule has 1 heterocycles. The lowest BCUT2D eigenvalue weighted by Gasteiger charge is -2.11. The molecule has 0 atom stereocenters. The number of hydrogen-bond donors (Lipinski definition) is 2. The van der Waals surface area contributed by atoms with E-state index in [0.29, 0.717) is 28.5 Å². The lowest BCUT2D eigenvalue weighted by molar-refractivity contribution is -0.136. The van der Waals surface area contributed by atoms with Crippen molar-refractivity contribution in [3.05, 3.63) is 81.2 Å². The minimum Gasteiger partial charge on any atom is -0.489 e. The van der Waals surface area contributed by atoms with Crippen molar-refractivity contribution in [3.8, 4) is 5.75 Å². The number of fused-ring (bicyclic) bond motifs is 1. The van der Waals surface area contributed by atoms with Gasteiger partial charge in [-0.1, -0.05) is 36.4 Å². The maximum atomic E-state index is 12.5. The quantitative estimate of drug-likeness (QED) is 0.214. The molecule has 36 heavy (non-hydrogen) atoms. The molecule has 0 bridgehead atoms. The van der Waals surface area contributed by atoms with Crippen LogP contribution in [0.5, 0.6) is 5.75 Å². The fourth-order valence-corrected chi connectivity index (χ4v) is 5.24. The van der Waals surface area contributed by atoms with Crippen LogP contribution in [0.4, 0.5) is 5.00 Å². The monoisotopic (exact) mass is 505 g/mol. The first-order valence-corrected chi connectivity index (χ1v) is 12.4. The largest absolute Gasteiger partial charge is 0.489 e. The summed E-state index contributed by atoms with van der Waals surface area (Å²) in [6.07, 6.45) is 5.00. The fourth-order valence-electron chi connectivity index (χ4n) is 3.97. The Morgan fingerprint density at radius 2 is 1.86 bits per heavy atom. The van der Waals surface area contributed by atoms with Gasteiger partial charge >= 0.3 is 17.8 Å². The van der Waals surface area contributed by atoms with Crippen LogP contribution in [0.1, 0.15) is 50.3 Å².